The lowest BCUT2D eigenvalue weighted by Crippen LogP contribution is -2.36. The molecular formula is C15H18N2S. The van der Waals surface area contributed by atoms with Crippen LogP contribution in [0.25, 0.3) is 0 Å². The standard InChI is InChI=1S/C15H18N2S/c1-11(15-16-8-9-18-15)17-14-7-6-12-4-2-3-5-13(12)10-14/h2-5,8-9,11,14,17H,6-7,10H2,1H3. The lowest BCUT2D eigenvalue weighted by atomic mass is 9.88. The molecule has 0 bridgehead atoms. The maximum atomic E-state index is 4.38. The summed E-state index contributed by atoms with van der Waals surface area (Å²) in [7, 11) is 0. The summed E-state index contributed by atoms with van der Waals surface area (Å²) in [5.74, 6) is 0. The summed E-state index contributed by atoms with van der Waals surface area (Å²) in [4.78, 5) is 4.38. The fraction of sp³-hybridized carbons (Fsp3) is 0.400. The van der Waals surface area contributed by atoms with E-state index in [0.717, 1.165) is 6.42 Å². The Bertz CT molecular complexity index is 507. The lowest BCUT2D eigenvalue weighted by Gasteiger charge is -2.27. The van der Waals surface area contributed by atoms with Crippen molar-refractivity contribution in [1.82, 2.24) is 10.3 Å². The van der Waals surface area contributed by atoms with Crippen molar-refractivity contribution in [3.8, 4) is 0 Å². The zero-order chi connectivity index (χ0) is 12.4. The smallest absolute Gasteiger partial charge is 0.109 e. The number of aromatic nitrogens is 1. The van der Waals surface area contributed by atoms with E-state index in [0.29, 0.717) is 12.1 Å². The fourth-order valence-electron chi connectivity index (χ4n) is 2.71. The van der Waals surface area contributed by atoms with E-state index in [1.165, 1.54) is 29.0 Å². The number of rotatable bonds is 3. The van der Waals surface area contributed by atoms with E-state index >= 15 is 0 Å². The van der Waals surface area contributed by atoms with Crippen LogP contribution in [-0.4, -0.2) is 11.0 Å². The Morgan fingerprint density at radius 3 is 2.94 bits per heavy atom. The topological polar surface area (TPSA) is 24.9 Å². The van der Waals surface area contributed by atoms with Crippen LogP contribution in [0.5, 0.6) is 0 Å². The van der Waals surface area contributed by atoms with E-state index in [1.807, 2.05) is 11.6 Å². The second-order valence-electron chi connectivity index (χ2n) is 4.97. The van der Waals surface area contributed by atoms with Gasteiger partial charge in [-0.1, -0.05) is 24.3 Å². The van der Waals surface area contributed by atoms with Gasteiger partial charge in [0.1, 0.15) is 5.01 Å². The largest absolute Gasteiger partial charge is 0.305 e. The minimum atomic E-state index is 0.361. The maximum absolute atomic E-state index is 4.38. The third-order valence-electron chi connectivity index (χ3n) is 3.65. The van der Waals surface area contributed by atoms with E-state index in [1.54, 1.807) is 11.3 Å². The number of thiazole rings is 1. The van der Waals surface area contributed by atoms with Gasteiger partial charge < -0.3 is 5.32 Å². The SMILES string of the molecule is CC(NC1CCc2ccccc2C1)c1nccs1. The van der Waals surface area contributed by atoms with Crippen LogP contribution in [0.15, 0.2) is 35.8 Å². The molecule has 0 radical (unpaired) electrons. The highest BCUT2D eigenvalue weighted by Crippen LogP contribution is 2.23. The van der Waals surface area contributed by atoms with Gasteiger partial charge in [0.15, 0.2) is 0 Å². The normalized spacial score (nSPS) is 20.4. The molecule has 94 valence electrons. The number of fused-ring (bicyclic) bond motifs is 1. The van der Waals surface area contributed by atoms with Crippen LogP contribution < -0.4 is 5.32 Å². The minimum absolute atomic E-state index is 0.361. The Labute approximate surface area is 112 Å². The second kappa shape index (κ2) is 5.21. The van der Waals surface area contributed by atoms with Gasteiger partial charge in [0.2, 0.25) is 0 Å². The molecule has 3 heteroatoms. The van der Waals surface area contributed by atoms with Gasteiger partial charge in [0.25, 0.3) is 0 Å². The molecule has 1 aromatic heterocycles. The average Bonchev–Trinajstić information content (AvgIpc) is 2.92. The van der Waals surface area contributed by atoms with Crippen molar-refractivity contribution in [1.29, 1.82) is 0 Å². The molecule has 3 rings (SSSR count). The molecule has 1 aliphatic rings. The summed E-state index contributed by atoms with van der Waals surface area (Å²) in [6, 6.07) is 9.75. The Hall–Kier alpha value is -1.19. The average molecular weight is 258 g/mol. The van der Waals surface area contributed by atoms with E-state index in [-0.39, 0.29) is 0 Å². The van der Waals surface area contributed by atoms with Gasteiger partial charge >= 0.3 is 0 Å². The summed E-state index contributed by atoms with van der Waals surface area (Å²) < 4.78 is 0. The highest BCUT2D eigenvalue weighted by atomic mass is 32.1. The molecule has 18 heavy (non-hydrogen) atoms. The molecule has 1 aliphatic carbocycles. The molecule has 1 N–H and O–H groups in total. The van der Waals surface area contributed by atoms with E-state index in [4.69, 9.17) is 0 Å². The molecule has 0 aliphatic heterocycles. The van der Waals surface area contributed by atoms with Crippen molar-refractivity contribution in [3.05, 3.63) is 52.0 Å². The number of nitrogens with zero attached hydrogens (tertiary/aromatic N) is 1. The number of nitrogens with one attached hydrogen (secondary N) is 1. The summed E-state index contributed by atoms with van der Waals surface area (Å²) in [5, 5.41) is 6.94. The number of benzene rings is 1. The van der Waals surface area contributed by atoms with Crippen molar-refractivity contribution in [2.75, 3.05) is 0 Å². The van der Waals surface area contributed by atoms with Gasteiger partial charge in [-0.2, -0.15) is 0 Å². The molecule has 2 aromatic rings. The molecule has 1 heterocycles. The third-order valence-corrected chi connectivity index (χ3v) is 4.61. The van der Waals surface area contributed by atoms with Crippen LogP contribution in [0.1, 0.15) is 35.5 Å². The van der Waals surface area contributed by atoms with Crippen LogP contribution in [0.2, 0.25) is 0 Å². The van der Waals surface area contributed by atoms with Crippen molar-refractivity contribution in [2.24, 2.45) is 0 Å². The zero-order valence-corrected chi connectivity index (χ0v) is 11.4. The molecule has 0 spiro atoms. The van der Waals surface area contributed by atoms with Crippen molar-refractivity contribution < 1.29 is 0 Å². The van der Waals surface area contributed by atoms with Crippen molar-refractivity contribution >= 4 is 11.3 Å². The van der Waals surface area contributed by atoms with Gasteiger partial charge in [-0.25, -0.2) is 4.98 Å². The summed E-state index contributed by atoms with van der Waals surface area (Å²) in [5.41, 5.74) is 3.03. The van der Waals surface area contributed by atoms with Gasteiger partial charge in [-0.15, -0.1) is 11.3 Å². The van der Waals surface area contributed by atoms with E-state index < -0.39 is 0 Å². The molecular weight excluding hydrogens is 240 g/mol. The Kier molecular flexibility index (Phi) is 3.43. The molecule has 2 nitrogen and oxygen atoms in total. The first-order valence-electron chi connectivity index (χ1n) is 6.55. The van der Waals surface area contributed by atoms with Gasteiger partial charge in [0.05, 0.1) is 6.04 Å². The Balaban J connectivity index is 1.66. The van der Waals surface area contributed by atoms with Gasteiger partial charge in [-0.05, 0) is 37.3 Å². The molecule has 0 saturated carbocycles. The third kappa shape index (κ3) is 2.47. The summed E-state index contributed by atoms with van der Waals surface area (Å²) >= 11 is 1.73. The maximum Gasteiger partial charge on any atom is 0.109 e. The van der Waals surface area contributed by atoms with Crippen LogP contribution in [-0.2, 0) is 12.8 Å². The second-order valence-corrected chi connectivity index (χ2v) is 5.89. The van der Waals surface area contributed by atoms with Crippen LogP contribution in [0.4, 0.5) is 0 Å². The quantitative estimate of drug-likeness (QED) is 0.913. The lowest BCUT2D eigenvalue weighted by molar-refractivity contribution is 0.413. The first-order chi connectivity index (χ1) is 8.83. The predicted octanol–water partition coefficient (Wildman–Crippen LogP) is 3.35. The molecule has 0 saturated heterocycles. The molecule has 2 unspecified atom stereocenters. The first kappa shape index (κ1) is 11.9. The number of aryl methyl sites for hydroxylation is 1. The molecule has 0 fully saturated rings. The molecule has 0 amide bonds. The van der Waals surface area contributed by atoms with Crippen molar-refractivity contribution in [2.45, 2.75) is 38.3 Å². The Morgan fingerprint density at radius 1 is 1.33 bits per heavy atom. The Morgan fingerprint density at radius 2 is 2.17 bits per heavy atom. The zero-order valence-electron chi connectivity index (χ0n) is 10.6. The number of hydrogen-bond donors (Lipinski definition) is 1. The van der Waals surface area contributed by atoms with Crippen LogP contribution in [0, 0.1) is 0 Å². The van der Waals surface area contributed by atoms with Crippen LogP contribution in [0.3, 0.4) is 0 Å². The van der Waals surface area contributed by atoms with E-state index in [9.17, 15) is 0 Å². The fourth-order valence-corrected chi connectivity index (χ4v) is 3.37. The van der Waals surface area contributed by atoms with Crippen LogP contribution >= 0.6 is 11.3 Å². The van der Waals surface area contributed by atoms with E-state index in [2.05, 4.69) is 41.5 Å². The van der Waals surface area contributed by atoms with Gasteiger partial charge in [0, 0.05) is 17.6 Å². The number of hydrogen-bond acceptors (Lipinski definition) is 3. The predicted molar refractivity (Wildman–Crippen MR) is 75.9 cm³/mol. The monoisotopic (exact) mass is 258 g/mol. The molecule has 2 atom stereocenters. The highest BCUT2D eigenvalue weighted by molar-refractivity contribution is 7.09. The van der Waals surface area contributed by atoms with Gasteiger partial charge in [-0.3, -0.25) is 0 Å². The highest BCUT2D eigenvalue weighted by Gasteiger charge is 2.20. The molecule has 1 aromatic carbocycles. The summed E-state index contributed by atoms with van der Waals surface area (Å²) in [6.07, 6.45) is 5.45. The summed E-state index contributed by atoms with van der Waals surface area (Å²) in [6.45, 7) is 2.21. The first-order valence-corrected chi connectivity index (χ1v) is 7.43. The minimum Gasteiger partial charge on any atom is -0.305 e. The van der Waals surface area contributed by atoms with Crippen molar-refractivity contribution in [3.63, 3.8) is 0 Å².